The number of nitrogens with zero attached hydrogens (tertiary/aromatic N) is 2. The van der Waals surface area contributed by atoms with Gasteiger partial charge in [0, 0.05) is 13.1 Å². The molecule has 1 aromatic carbocycles. The van der Waals surface area contributed by atoms with E-state index in [0.717, 1.165) is 11.8 Å². The van der Waals surface area contributed by atoms with Crippen LogP contribution in [-0.2, 0) is 19.4 Å². The molecule has 0 aliphatic carbocycles. The highest BCUT2D eigenvalue weighted by atomic mass is 32.2. The van der Waals surface area contributed by atoms with Crippen LogP contribution >= 0.6 is 24.0 Å². The van der Waals surface area contributed by atoms with Gasteiger partial charge in [-0.15, -0.1) is 0 Å². The molecule has 2 aliphatic rings. The number of thiocarbonyl (C=S) groups is 1. The minimum absolute atomic E-state index is 0.0566. The molecule has 6 nitrogen and oxygen atoms in total. The molecule has 1 aromatic rings. The summed E-state index contributed by atoms with van der Waals surface area (Å²) in [4.78, 5) is 28.5. The third-order valence-electron chi connectivity index (χ3n) is 4.82. The largest absolute Gasteiger partial charge is 0.340 e. The summed E-state index contributed by atoms with van der Waals surface area (Å²) in [5.74, 6) is -1.22. The average molecular weight is 443 g/mol. The number of benzene rings is 1. The fourth-order valence-corrected chi connectivity index (χ4v) is 6.42. The van der Waals surface area contributed by atoms with Gasteiger partial charge in [-0.1, -0.05) is 36.1 Å². The van der Waals surface area contributed by atoms with Gasteiger partial charge in [0.2, 0.25) is 5.91 Å². The molecule has 0 spiro atoms. The first-order valence-corrected chi connectivity index (χ1v) is 11.6. The van der Waals surface area contributed by atoms with Crippen molar-refractivity contribution in [2.75, 3.05) is 18.6 Å². The van der Waals surface area contributed by atoms with E-state index in [4.69, 9.17) is 12.2 Å². The number of halogens is 1. The molecule has 2 atom stereocenters. The Labute approximate surface area is 172 Å². The van der Waals surface area contributed by atoms with Gasteiger partial charge in [-0.05, 0) is 37.1 Å². The van der Waals surface area contributed by atoms with Gasteiger partial charge in [0.05, 0.1) is 16.4 Å². The predicted octanol–water partition coefficient (Wildman–Crippen LogP) is 2.06. The van der Waals surface area contributed by atoms with Crippen LogP contribution in [0.5, 0.6) is 0 Å². The van der Waals surface area contributed by atoms with Crippen LogP contribution in [-0.4, -0.2) is 65.0 Å². The minimum atomic E-state index is -3.13. The quantitative estimate of drug-likeness (QED) is 0.525. The standard InChI is InChI=1S/C18H19FN2O4S3/c1-11(16(22)20(2)14-6-7-28(24,25)10-14)21-17(23)15(27-18(21)26)9-12-4-3-5-13(19)8-12/h3-5,8-9,11,14H,6-7,10H2,1-2H3/b15-9+/t11-,14+/m0/s1. The molecule has 0 unspecified atom stereocenters. The number of likely N-dealkylation sites (N-methyl/N-ethyl adjacent to an activating group) is 1. The molecule has 2 fully saturated rings. The number of rotatable bonds is 4. The summed E-state index contributed by atoms with van der Waals surface area (Å²) in [5, 5.41) is 0. The topological polar surface area (TPSA) is 74.8 Å². The molecule has 2 aliphatic heterocycles. The number of amides is 2. The SMILES string of the molecule is C[C@@H](C(=O)N(C)[C@@H]1CCS(=O)(=O)C1)N1C(=O)/C(=C\c2cccc(F)c2)SC1=S. The number of carbonyl (C=O) groups excluding carboxylic acids is 2. The lowest BCUT2D eigenvalue weighted by atomic mass is 10.1. The second-order valence-electron chi connectivity index (χ2n) is 6.79. The van der Waals surface area contributed by atoms with Crippen molar-refractivity contribution in [3.63, 3.8) is 0 Å². The van der Waals surface area contributed by atoms with Crippen LogP contribution in [0.25, 0.3) is 6.08 Å². The van der Waals surface area contributed by atoms with Crippen molar-refractivity contribution in [1.29, 1.82) is 0 Å². The second kappa shape index (κ2) is 7.92. The zero-order valence-electron chi connectivity index (χ0n) is 15.3. The van der Waals surface area contributed by atoms with Gasteiger partial charge in [-0.3, -0.25) is 14.5 Å². The molecule has 0 aromatic heterocycles. The molecule has 0 bridgehead atoms. The van der Waals surface area contributed by atoms with Gasteiger partial charge in [-0.25, -0.2) is 12.8 Å². The first kappa shape index (κ1) is 20.9. The highest BCUT2D eigenvalue weighted by Crippen LogP contribution is 2.34. The molecule has 10 heteroatoms. The predicted molar refractivity (Wildman–Crippen MR) is 111 cm³/mol. The summed E-state index contributed by atoms with van der Waals surface area (Å²) in [6, 6.07) is 4.55. The lowest BCUT2D eigenvalue weighted by molar-refractivity contribution is -0.139. The van der Waals surface area contributed by atoms with Crippen LogP contribution in [0.1, 0.15) is 18.9 Å². The van der Waals surface area contributed by atoms with Gasteiger partial charge in [-0.2, -0.15) is 0 Å². The van der Waals surface area contributed by atoms with Gasteiger partial charge in [0.1, 0.15) is 16.2 Å². The van der Waals surface area contributed by atoms with Crippen LogP contribution in [0.2, 0.25) is 0 Å². The second-order valence-corrected chi connectivity index (χ2v) is 10.7. The van der Waals surface area contributed by atoms with E-state index in [9.17, 15) is 22.4 Å². The van der Waals surface area contributed by atoms with Crippen molar-refractivity contribution < 1.29 is 22.4 Å². The highest BCUT2D eigenvalue weighted by Gasteiger charge is 2.41. The van der Waals surface area contributed by atoms with Crippen molar-refractivity contribution >= 4 is 56.0 Å². The molecule has 0 radical (unpaired) electrons. The first-order valence-electron chi connectivity index (χ1n) is 8.59. The van der Waals surface area contributed by atoms with E-state index in [-0.39, 0.29) is 21.7 Å². The fourth-order valence-electron chi connectivity index (χ4n) is 3.23. The average Bonchev–Trinajstić information content (AvgIpc) is 3.12. The highest BCUT2D eigenvalue weighted by molar-refractivity contribution is 8.26. The molecule has 3 rings (SSSR count). The maximum absolute atomic E-state index is 13.4. The van der Waals surface area contributed by atoms with Gasteiger partial charge < -0.3 is 4.90 Å². The minimum Gasteiger partial charge on any atom is -0.340 e. The van der Waals surface area contributed by atoms with E-state index < -0.39 is 33.6 Å². The Kier molecular flexibility index (Phi) is 5.92. The van der Waals surface area contributed by atoms with E-state index in [1.165, 1.54) is 28.0 Å². The number of hydrogen-bond donors (Lipinski definition) is 0. The first-order chi connectivity index (χ1) is 13.1. The maximum Gasteiger partial charge on any atom is 0.266 e. The Morgan fingerprint density at radius 1 is 1.46 bits per heavy atom. The van der Waals surface area contributed by atoms with Crippen LogP contribution < -0.4 is 0 Å². The molecular weight excluding hydrogens is 423 g/mol. The Hall–Kier alpha value is -1.78. The number of hydrogen-bond acceptors (Lipinski definition) is 6. The van der Waals surface area contributed by atoms with E-state index >= 15 is 0 Å². The van der Waals surface area contributed by atoms with E-state index in [1.807, 2.05) is 0 Å². The van der Waals surface area contributed by atoms with Crippen molar-refractivity contribution in [3.8, 4) is 0 Å². The smallest absolute Gasteiger partial charge is 0.266 e. The van der Waals surface area contributed by atoms with Crippen LogP contribution in [0.4, 0.5) is 4.39 Å². The van der Waals surface area contributed by atoms with Gasteiger partial charge in [0.25, 0.3) is 5.91 Å². The number of carbonyl (C=O) groups is 2. The summed E-state index contributed by atoms with van der Waals surface area (Å²) in [6.07, 6.45) is 1.92. The Balaban J connectivity index is 1.76. The van der Waals surface area contributed by atoms with Crippen molar-refractivity contribution in [2.45, 2.75) is 25.4 Å². The van der Waals surface area contributed by atoms with E-state index in [2.05, 4.69) is 0 Å². The Morgan fingerprint density at radius 2 is 2.18 bits per heavy atom. The zero-order chi connectivity index (χ0) is 20.6. The van der Waals surface area contributed by atoms with Gasteiger partial charge in [0.15, 0.2) is 9.84 Å². The van der Waals surface area contributed by atoms with Crippen molar-refractivity contribution in [2.24, 2.45) is 0 Å². The molecule has 28 heavy (non-hydrogen) atoms. The van der Waals surface area contributed by atoms with Crippen LogP contribution in [0.15, 0.2) is 29.2 Å². The monoisotopic (exact) mass is 442 g/mol. The summed E-state index contributed by atoms with van der Waals surface area (Å²) in [7, 11) is -1.59. The zero-order valence-corrected chi connectivity index (χ0v) is 17.7. The van der Waals surface area contributed by atoms with Crippen LogP contribution in [0.3, 0.4) is 0 Å². The third kappa shape index (κ3) is 4.28. The van der Waals surface area contributed by atoms with Crippen molar-refractivity contribution in [3.05, 3.63) is 40.6 Å². The summed E-state index contributed by atoms with van der Waals surface area (Å²) in [6.45, 7) is 1.57. The van der Waals surface area contributed by atoms with E-state index in [1.54, 1.807) is 26.1 Å². The normalized spacial score (nSPS) is 24.0. The number of thioether (sulfide) groups is 1. The van der Waals surface area contributed by atoms with Gasteiger partial charge >= 0.3 is 0 Å². The molecule has 150 valence electrons. The third-order valence-corrected chi connectivity index (χ3v) is 7.90. The van der Waals surface area contributed by atoms with E-state index in [0.29, 0.717) is 16.9 Å². The van der Waals surface area contributed by atoms with Crippen LogP contribution in [0, 0.1) is 5.82 Å². The Bertz CT molecular complexity index is 977. The Morgan fingerprint density at radius 3 is 2.79 bits per heavy atom. The number of sulfone groups is 1. The molecule has 2 heterocycles. The maximum atomic E-state index is 13.4. The lowest BCUT2D eigenvalue weighted by Gasteiger charge is -2.30. The molecule has 2 saturated heterocycles. The fraction of sp³-hybridized carbons (Fsp3) is 0.389. The summed E-state index contributed by atoms with van der Waals surface area (Å²) < 4.78 is 37.0. The lowest BCUT2D eigenvalue weighted by Crippen LogP contribution is -2.50. The van der Waals surface area contributed by atoms with Crippen molar-refractivity contribution in [1.82, 2.24) is 9.80 Å². The summed E-state index contributed by atoms with van der Waals surface area (Å²) >= 11 is 6.33. The molecule has 0 N–H and O–H groups in total. The molecular formula is C18H19FN2O4S3. The molecule has 0 saturated carbocycles. The molecule has 2 amide bonds. The summed E-state index contributed by atoms with van der Waals surface area (Å²) in [5.41, 5.74) is 0.521.